The van der Waals surface area contributed by atoms with Crippen LogP contribution in [0.2, 0.25) is 0 Å². The average Bonchev–Trinajstić information content (AvgIpc) is 3.81. The Hall–Kier alpha value is -3.74. The Morgan fingerprint density at radius 3 is 1.50 bits per heavy atom. The topological polar surface area (TPSA) is 96.2 Å². The summed E-state index contributed by atoms with van der Waals surface area (Å²) < 4.78 is 12.1. The van der Waals surface area contributed by atoms with Gasteiger partial charge in [-0.3, -0.25) is 9.59 Å². The number of benzene rings is 2. The van der Waals surface area contributed by atoms with Crippen molar-refractivity contribution >= 4 is 33.5 Å². The zero-order valence-corrected chi connectivity index (χ0v) is 35.3. The average molecular weight is 770 g/mol. The van der Waals surface area contributed by atoms with E-state index in [-0.39, 0.29) is 5.91 Å². The maximum absolute atomic E-state index is 12.6. The van der Waals surface area contributed by atoms with Gasteiger partial charge in [0.05, 0.1) is 13.2 Å². The van der Waals surface area contributed by atoms with E-state index in [1.807, 2.05) is 6.07 Å². The Kier molecular flexibility index (Phi) is 22.3. The van der Waals surface area contributed by atoms with Crippen LogP contribution in [-0.2, 0) is 22.4 Å². The van der Waals surface area contributed by atoms with Crippen molar-refractivity contribution in [1.29, 1.82) is 0 Å². The molecule has 1 amide bonds. The van der Waals surface area contributed by atoms with Gasteiger partial charge in [-0.05, 0) is 92.5 Å². The van der Waals surface area contributed by atoms with Gasteiger partial charge in [0.1, 0.15) is 17.3 Å². The van der Waals surface area contributed by atoms with Gasteiger partial charge in [-0.2, -0.15) is 0 Å². The lowest BCUT2D eigenvalue weighted by Crippen LogP contribution is -2.25. The number of Topliss-reactive ketones (excluding diaryl/α,β-unsaturated/α-hetero) is 1. The van der Waals surface area contributed by atoms with Crippen LogP contribution in [0.15, 0.2) is 48.8 Å². The van der Waals surface area contributed by atoms with Crippen LogP contribution in [0, 0.1) is 0 Å². The minimum atomic E-state index is 0.150. The summed E-state index contributed by atoms with van der Waals surface area (Å²) >= 11 is 0. The van der Waals surface area contributed by atoms with Crippen molar-refractivity contribution in [3.05, 3.63) is 59.9 Å². The Morgan fingerprint density at radius 1 is 0.518 bits per heavy atom. The molecule has 0 unspecified atom stereocenters. The number of hydrogen-bond acceptors (Lipinski definition) is 4. The zero-order chi connectivity index (χ0) is 39.5. The van der Waals surface area contributed by atoms with E-state index in [4.69, 9.17) is 9.47 Å². The lowest BCUT2D eigenvalue weighted by molar-refractivity contribution is -0.121. The number of nitrogens with one attached hydrogen (secondary N) is 3. The summed E-state index contributed by atoms with van der Waals surface area (Å²) in [5.41, 5.74) is 4.74. The van der Waals surface area contributed by atoms with Gasteiger partial charge < -0.3 is 24.8 Å². The largest absolute Gasteiger partial charge is 0.494 e. The van der Waals surface area contributed by atoms with Gasteiger partial charge in [0, 0.05) is 60.0 Å². The molecule has 0 aliphatic heterocycles. The van der Waals surface area contributed by atoms with E-state index in [2.05, 4.69) is 71.9 Å². The molecular weight excluding hydrogens is 695 g/mol. The summed E-state index contributed by atoms with van der Waals surface area (Å²) in [7, 11) is 0. The summed E-state index contributed by atoms with van der Waals surface area (Å²) in [5, 5.41) is 5.52. The van der Waals surface area contributed by atoms with Gasteiger partial charge in [-0.1, -0.05) is 117 Å². The standard InChI is InChI=1S/C49H75N3O4/c1-3-5-7-9-17-21-34-55-43-28-30-47-45(36-43)40(38-51-47)24-23-26-42(53)25-19-15-13-11-12-14-16-20-27-49(54)50-33-32-41-39-52-48-31-29-44(37-46(41)48)56-35-22-18-10-8-6-4-2/h28-31,36-39,51-52H,3-27,32-35H2,1-2H3,(H,50,54). The van der Waals surface area contributed by atoms with E-state index in [0.29, 0.717) is 31.6 Å². The minimum absolute atomic E-state index is 0.150. The van der Waals surface area contributed by atoms with Crippen LogP contribution in [0.5, 0.6) is 11.5 Å². The van der Waals surface area contributed by atoms with Crippen molar-refractivity contribution in [2.24, 2.45) is 0 Å². The van der Waals surface area contributed by atoms with Crippen LogP contribution >= 0.6 is 0 Å². The number of hydrogen-bond donors (Lipinski definition) is 3. The molecule has 3 N–H and O–H groups in total. The number of aromatic nitrogens is 2. The third-order valence-electron chi connectivity index (χ3n) is 11.2. The highest BCUT2D eigenvalue weighted by Gasteiger charge is 2.10. The molecular formula is C49H75N3O4. The van der Waals surface area contributed by atoms with Crippen LogP contribution in [0.4, 0.5) is 0 Å². The predicted molar refractivity (Wildman–Crippen MR) is 235 cm³/mol. The number of H-pyrrole nitrogens is 2. The summed E-state index contributed by atoms with van der Waals surface area (Å²) in [6.07, 6.45) is 32.8. The molecule has 0 atom stereocenters. The zero-order valence-electron chi connectivity index (χ0n) is 35.3. The molecule has 310 valence electrons. The van der Waals surface area contributed by atoms with Gasteiger partial charge in [0.15, 0.2) is 0 Å². The first-order valence-corrected chi connectivity index (χ1v) is 22.8. The number of fused-ring (bicyclic) bond motifs is 2. The van der Waals surface area contributed by atoms with Crippen molar-refractivity contribution in [2.45, 2.75) is 181 Å². The van der Waals surface area contributed by atoms with E-state index in [1.54, 1.807) is 0 Å². The number of aromatic amines is 2. The Bertz CT molecular complexity index is 1530. The van der Waals surface area contributed by atoms with Crippen LogP contribution < -0.4 is 14.8 Å². The second-order valence-electron chi connectivity index (χ2n) is 16.1. The molecule has 0 fully saturated rings. The van der Waals surface area contributed by atoms with Gasteiger partial charge in [-0.15, -0.1) is 0 Å². The molecule has 0 saturated carbocycles. The third-order valence-corrected chi connectivity index (χ3v) is 11.2. The number of unbranched alkanes of at least 4 members (excludes halogenated alkanes) is 17. The first-order valence-electron chi connectivity index (χ1n) is 22.8. The highest BCUT2D eigenvalue weighted by molar-refractivity contribution is 5.85. The molecule has 2 aromatic carbocycles. The second kappa shape index (κ2) is 27.8. The Labute approximate surface area is 338 Å². The number of aryl methyl sites for hydroxylation is 1. The van der Waals surface area contributed by atoms with E-state index < -0.39 is 0 Å². The highest BCUT2D eigenvalue weighted by atomic mass is 16.5. The van der Waals surface area contributed by atoms with Crippen molar-refractivity contribution in [3.63, 3.8) is 0 Å². The molecule has 0 saturated heterocycles. The van der Waals surface area contributed by atoms with E-state index in [0.717, 1.165) is 93.5 Å². The minimum Gasteiger partial charge on any atom is -0.494 e. The molecule has 4 rings (SSSR count). The molecule has 0 radical (unpaired) electrons. The summed E-state index contributed by atoms with van der Waals surface area (Å²) in [6.45, 7) is 6.69. The van der Waals surface area contributed by atoms with Gasteiger partial charge in [-0.25, -0.2) is 0 Å². The number of ether oxygens (including phenoxy) is 2. The fourth-order valence-corrected chi connectivity index (χ4v) is 7.75. The SMILES string of the molecule is CCCCCCCCOc1ccc2[nH]cc(CCCC(=O)CCCCCCCCCCC(=O)NCCc3c[nH]c4ccc(OCCCCCCCC)cc34)c2c1. The number of rotatable bonds is 34. The quantitative estimate of drug-likeness (QED) is 0.0412. The van der Waals surface area contributed by atoms with E-state index in [9.17, 15) is 9.59 Å². The van der Waals surface area contributed by atoms with Crippen LogP contribution in [-0.4, -0.2) is 41.4 Å². The van der Waals surface area contributed by atoms with Crippen LogP contribution in [0.1, 0.15) is 179 Å². The molecule has 4 aromatic rings. The summed E-state index contributed by atoms with van der Waals surface area (Å²) in [6, 6.07) is 12.6. The van der Waals surface area contributed by atoms with Gasteiger partial charge in [0.2, 0.25) is 5.91 Å². The second-order valence-corrected chi connectivity index (χ2v) is 16.1. The lowest BCUT2D eigenvalue weighted by atomic mass is 10.0. The molecule has 0 aliphatic rings. The van der Waals surface area contributed by atoms with Crippen molar-refractivity contribution < 1.29 is 19.1 Å². The molecule has 2 aromatic heterocycles. The highest BCUT2D eigenvalue weighted by Crippen LogP contribution is 2.26. The first-order chi connectivity index (χ1) is 27.6. The van der Waals surface area contributed by atoms with Crippen molar-refractivity contribution in [3.8, 4) is 11.5 Å². The Morgan fingerprint density at radius 2 is 0.964 bits per heavy atom. The number of ketones is 1. The fraction of sp³-hybridized carbons (Fsp3) is 0.633. The van der Waals surface area contributed by atoms with Crippen LogP contribution in [0.25, 0.3) is 21.8 Å². The maximum Gasteiger partial charge on any atom is 0.220 e. The number of carbonyl (C=O) groups excluding carboxylic acids is 2. The normalized spacial score (nSPS) is 11.5. The lowest BCUT2D eigenvalue weighted by Gasteiger charge is -2.08. The van der Waals surface area contributed by atoms with Crippen molar-refractivity contribution in [2.75, 3.05) is 19.8 Å². The molecule has 0 bridgehead atoms. The summed E-state index contributed by atoms with van der Waals surface area (Å²) in [4.78, 5) is 31.8. The smallest absolute Gasteiger partial charge is 0.220 e. The monoisotopic (exact) mass is 770 g/mol. The molecule has 56 heavy (non-hydrogen) atoms. The molecule has 0 spiro atoms. The van der Waals surface area contributed by atoms with Gasteiger partial charge >= 0.3 is 0 Å². The van der Waals surface area contributed by atoms with E-state index in [1.165, 1.54) is 112 Å². The first kappa shape index (κ1) is 45.0. The maximum atomic E-state index is 12.6. The fourth-order valence-electron chi connectivity index (χ4n) is 7.75. The molecule has 2 heterocycles. The van der Waals surface area contributed by atoms with Crippen molar-refractivity contribution in [1.82, 2.24) is 15.3 Å². The molecule has 7 nitrogen and oxygen atoms in total. The van der Waals surface area contributed by atoms with Gasteiger partial charge in [0.25, 0.3) is 0 Å². The predicted octanol–water partition coefficient (Wildman–Crippen LogP) is 13.3. The molecule has 7 heteroatoms. The third kappa shape index (κ3) is 17.6. The molecule has 0 aliphatic carbocycles. The number of carbonyl (C=O) groups is 2. The van der Waals surface area contributed by atoms with Crippen LogP contribution in [0.3, 0.4) is 0 Å². The Balaban J connectivity index is 0.957. The van der Waals surface area contributed by atoms with E-state index >= 15 is 0 Å². The summed E-state index contributed by atoms with van der Waals surface area (Å²) in [5.74, 6) is 2.41. The number of amides is 1.